The van der Waals surface area contributed by atoms with Crippen molar-refractivity contribution in [1.82, 2.24) is 4.90 Å². The fraction of sp³-hybridized carbons (Fsp3) is 0.294. The summed E-state index contributed by atoms with van der Waals surface area (Å²) in [6.45, 7) is 1.34. The van der Waals surface area contributed by atoms with Gasteiger partial charge < -0.3 is 5.32 Å². The van der Waals surface area contributed by atoms with Gasteiger partial charge in [-0.1, -0.05) is 12.1 Å². The van der Waals surface area contributed by atoms with Crippen LogP contribution in [0, 0.1) is 11.3 Å². The minimum Gasteiger partial charge on any atom is -0.325 e. The second kappa shape index (κ2) is 6.73. The lowest BCUT2D eigenvalue weighted by Gasteiger charge is -2.22. The van der Waals surface area contributed by atoms with Crippen LogP contribution in [0.2, 0.25) is 0 Å². The van der Waals surface area contributed by atoms with Crippen LogP contribution < -0.4 is 5.32 Å². The second-order valence-electron chi connectivity index (χ2n) is 5.38. The number of carbonyl (C=O) groups excluding carboxylic acids is 1. The third-order valence-electron chi connectivity index (χ3n) is 3.86. The maximum atomic E-state index is 12.3. The summed E-state index contributed by atoms with van der Waals surface area (Å²) in [6.07, 6.45) is 2.23. The molecule has 2 aromatic rings. The van der Waals surface area contributed by atoms with Crippen molar-refractivity contribution < 1.29 is 4.79 Å². The van der Waals surface area contributed by atoms with Crippen LogP contribution in [-0.4, -0.2) is 23.9 Å². The van der Waals surface area contributed by atoms with E-state index in [4.69, 9.17) is 5.26 Å². The first-order chi connectivity index (χ1) is 10.8. The lowest BCUT2D eigenvalue weighted by Crippen LogP contribution is -2.32. The van der Waals surface area contributed by atoms with Crippen molar-refractivity contribution in [3.8, 4) is 6.07 Å². The molecule has 1 saturated heterocycles. The monoisotopic (exact) mass is 311 g/mol. The van der Waals surface area contributed by atoms with Crippen LogP contribution in [0.3, 0.4) is 0 Å². The van der Waals surface area contributed by atoms with Crippen LogP contribution in [0.1, 0.15) is 29.3 Å². The largest absolute Gasteiger partial charge is 0.325 e. The molecule has 2 heterocycles. The standard InChI is InChI=1S/C17H17N3OS/c18-11-13-4-1-5-14(10-13)19-17(21)12-20-8-2-6-15(20)16-7-3-9-22-16/h1,3-5,7,9-10,15H,2,6,8,12H2,(H,19,21)/t15-/m1/s1. The Bertz CT molecular complexity index is 690. The molecule has 1 aliphatic heterocycles. The molecule has 1 fully saturated rings. The Morgan fingerprint density at radius 1 is 1.41 bits per heavy atom. The molecular formula is C17H17N3OS. The highest BCUT2D eigenvalue weighted by atomic mass is 32.1. The van der Waals surface area contributed by atoms with Crippen molar-refractivity contribution in [2.45, 2.75) is 18.9 Å². The maximum Gasteiger partial charge on any atom is 0.238 e. The van der Waals surface area contributed by atoms with E-state index in [9.17, 15) is 4.79 Å². The minimum absolute atomic E-state index is 0.0291. The van der Waals surface area contributed by atoms with Crippen molar-refractivity contribution in [1.29, 1.82) is 5.26 Å². The SMILES string of the molecule is N#Cc1cccc(NC(=O)CN2CCC[C@@H]2c2cccs2)c1. The quantitative estimate of drug-likeness (QED) is 0.941. The number of hydrogen-bond acceptors (Lipinski definition) is 4. The van der Waals surface area contributed by atoms with E-state index in [1.165, 1.54) is 4.88 Å². The molecule has 0 radical (unpaired) electrons. The fourth-order valence-electron chi connectivity index (χ4n) is 2.87. The summed E-state index contributed by atoms with van der Waals surface area (Å²) >= 11 is 1.75. The number of nitriles is 1. The van der Waals surface area contributed by atoms with Gasteiger partial charge in [-0.25, -0.2) is 0 Å². The predicted molar refractivity (Wildman–Crippen MR) is 87.7 cm³/mol. The number of benzene rings is 1. The summed E-state index contributed by atoms with van der Waals surface area (Å²) in [5.41, 5.74) is 1.23. The Balaban J connectivity index is 1.62. The third kappa shape index (κ3) is 3.35. The minimum atomic E-state index is -0.0291. The van der Waals surface area contributed by atoms with Gasteiger partial charge in [0, 0.05) is 16.6 Å². The number of rotatable bonds is 4. The number of nitrogens with one attached hydrogen (secondary N) is 1. The number of nitrogens with zero attached hydrogens (tertiary/aromatic N) is 2. The topological polar surface area (TPSA) is 56.1 Å². The summed E-state index contributed by atoms with van der Waals surface area (Å²) in [6, 6.07) is 13.6. The molecule has 1 aromatic carbocycles. The molecule has 3 rings (SSSR count). The number of hydrogen-bond donors (Lipinski definition) is 1. The van der Waals surface area contributed by atoms with Gasteiger partial charge in [-0.05, 0) is 49.0 Å². The average molecular weight is 311 g/mol. The Hall–Kier alpha value is -2.16. The smallest absolute Gasteiger partial charge is 0.238 e. The van der Waals surface area contributed by atoms with Crippen molar-refractivity contribution in [3.05, 3.63) is 52.2 Å². The molecule has 112 valence electrons. The third-order valence-corrected chi connectivity index (χ3v) is 4.83. The van der Waals surface area contributed by atoms with Gasteiger partial charge in [0.1, 0.15) is 0 Å². The van der Waals surface area contributed by atoms with Gasteiger partial charge in [0.15, 0.2) is 0 Å². The van der Waals surface area contributed by atoms with Crippen LogP contribution in [0.4, 0.5) is 5.69 Å². The molecule has 4 nitrogen and oxygen atoms in total. The molecule has 0 aliphatic carbocycles. The van der Waals surface area contributed by atoms with Gasteiger partial charge in [-0.15, -0.1) is 11.3 Å². The van der Waals surface area contributed by atoms with Gasteiger partial charge in [-0.3, -0.25) is 9.69 Å². The first-order valence-electron chi connectivity index (χ1n) is 7.34. The van der Waals surface area contributed by atoms with E-state index in [0.717, 1.165) is 19.4 Å². The van der Waals surface area contributed by atoms with Crippen molar-refractivity contribution in [2.75, 3.05) is 18.4 Å². The average Bonchev–Trinajstić information content (AvgIpc) is 3.18. The maximum absolute atomic E-state index is 12.3. The van der Waals surface area contributed by atoms with Crippen LogP contribution in [0.5, 0.6) is 0 Å². The predicted octanol–water partition coefficient (Wildman–Crippen LogP) is 3.40. The van der Waals surface area contributed by atoms with E-state index < -0.39 is 0 Å². The van der Waals surface area contributed by atoms with E-state index in [2.05, 4.69) is 33.8 Å². The summed E-state index contributed by atoms with van der Waals surface area (Å²) in [5, 5.41) is 13.9. The van der Waals surface area contributed by atoms with Crippen molar-refractivity contribution in [2.24, 2.45) is 0 Å². The summed E-state index contributed by atoms with van der Waals surface area (Å²) in [7, 11) is 0. The zero-order chi connectivity index (χ0) is 15.4. The molecule has 1 atom stereocenters. The molecule has 0 spiro atoms. The first kappa shape index (κ1) is 14.8. The number of likely N-dealkylation sites (tertiary alicyclic amines) is 1. The number of amides is 1. The molecule has 0 saturated carbocycles. The van der Waals surface area contributed by atoms with E-state index in [-0.39, 0.29) is 5.91 Å². The lowest BCUT2D eigenvalue weighted by atomic mass is 10.2. The zero-order valence-electron chi connectivity index (χ0n) is 12.2. The van der Waals surface area contributed by atoms with Gasteiger partial charge in [-0.2, -0.15) is 5.26 Å². The Kier molecular flexibility index (Phi) is 4.52. The molecule has 1 amide bonds. The van der Waals surface area contributed by atoms with Gasteiger partial charge in [0.2, 0.25) is 5.91 Å². The molecule has 22 heavy (non-hydrogen) atoms. The van der Waals surface area contributed by atoms with E-state index in [1.54, 1.807) is 35.6 Å². The van der Waals surface area contributed by atoms with Gasteiger partial charge in [0.05, 0.1) is 18.2 Å². The van der Waals surface area contributed by atoms with Crippen LogP contribution in [0.15, 0.2) is 41.8 Å². The molecule has 1 N–H and O–H groups in total. The highest BCUT2D eigenvalue weighted by Gasteiger charge is 2.28. The van der Waals surface area contributed by atoms with Crippen molar-refractivity contribution >= 4 is 22.9 Å². The summed E-state index contributed by atoms with van der Waals surface area (Å²) < 4.78 is 0. The number of anilines is 1. The number of thiophene rings is 1. The second-order valence-corrected chi connectivity index (χ2v) is 6.36. The van der Waals surface area contributed by atoms with Gasteiger partial charge >= 0.3 is 0 Å². The molecular weight excluding hydrogens is 294 g/mol. The molecule has 1 aromatic heterocycles. The highest BCUT2D eigenvalue weighted by Crippen LogP contribution is 2.34. The van der Waals surface area contributed by atoms with Crippen LogP contribution >= 0.6 is 11.3 Å². The Labute approximate surface area is 134 Å². The molecule has 0 bridgehead atoms. The van der Waals surface area contributed by atoms with E-state index in [1.807, 2.05) is 0 Å². The van der Waals surface area contributed by atoms with Crippen LogP contribution in [0.25, 0.3) is 0 Å². The zero-order valence-corrected chi connectivity index (χ0v) is 13.0. The molecule has 0 unspecified atom stereocenters. The Morgan fingerprint density at radius 3 is 3.09 bits per heavy atom. The normalized spacial score (nSPS) is 18.0. The van der Waals surface area contributed by atoms with Crippen molar-refractivity contribution in [3.63, 3.8) is 0 Å². The summed E-state index contributed by atoms with van der Waals surface area (Å²) in [5.74, 6) is -0.0291. The van der Waals surface area contributed by atoms with Gasteiger partial charge in [0.25, 0.3) is 0 Å². The van der Waals surface area contributed by atoms with E-state index >= 15 is 0 Å². The molecule has 1 aliphatic rings. The fourth-order valence-corrected chi connectivity index (χ4v) is 3.77. The highest BCUT2D eigenvalue weighted by molar-refractivity contribution is 7.10. The first-order valence-corrected chi connectivity index (χ1v) is 8.22. The molecule has 5 heteroatoms. The van der Waals surface area contributed by atoms with Crippen LogP contribution in [-0.2, 0) is 4.79 Å². The lowest BCUT2D eigenvalue weighted by molar-refractivity contribution is -0.117. The van der Waals surface area contributed by atoms with E-state index in [0.29, 0.717) is 23.8 Å². The summed E-state index contributed by atoms with van der Waals surface area (Å²) in [4.78, 5) is 15.8. The Morgan fingerprint density at radius 2 is 2.32 bits per heavy atom. The number of carbonyl (C=O) groups is 1.